The minimum atomic E-state index is -0.225. The highest BCUT2D eigenvalue weighted by atomic mass is 16.5. The molecule has 0 spiro atoms. The lowest BCUT2D eigenvalue weighted by Gasteiger charge is -2.41. The zero-order valence-electron chi connectivity index (χ0n) is 18.4. The van der Waals surface area contributed by atoms with E-state index in [1.807, 2.05) is 52.3 Å². The van der Waals surface area contributed by atoms with Gasteiger partial charge in [0.1, 0.15) is 5.75 Å². The molecule has 6 heteroatoms. The Balaban J connectivity index is 1.59. The average Bonchev–Trinajstić information content (AvgIpc) is 3.31. The van der Waals surface area contributed by atoms with Gasteiger partial charge in [-0.1, -0.05) is 36.4 Å². The SMILES string of the molecule is COc1ccccc1[C@@H]1CN(C(=O)c2ccccc2CN2CCCC2)CCN1C(C)=O. The molecule has 0 aliphatic carbocycles. The molecule has 1 atom stereocenters. The van der Waals surface area contributed by atoms with Crippen molar-refractivity contribution in [1.29, 1.82) is 0 Å². The number of benzene rings is 2. The molecule has 0 unspecified atom stereocenters. The lowest BCUT2D eigenvalue weighted by molar-refractivity contribution is -0.133. The molecular weight excluding hydrogens is 390 g/mol. The molecule has 2 amide bonds. The van der Waals surface area contributed by atoms with Crippen molar-refractivity contribution < 1.29 is 14.3 Å². The summed E-state index contributed by atoms with van der Waals surface area (Å²) in [5, 5.41) is 0. The van der Waals surface area contributed by atoms with Crippen molar-refractivity contribution in [3.63, 3.8) is 0 Å². The molecule has 0 N–H and O–H groups in total. The number of amides is 2. The fraction of sp³-hybridized carbons (Fsp3) is 0.440. The van der Waals surface area contributed by atoms with E-state index in [9.17, 15) is 9.59 Å². The quantitative estimate of drug-likeness (QED) is 0.743. The maximum atomic E-state index is 13.6. The van der Waals surface area contributed by atoms with Crippen molar-refractivity contribution in [3.8, 4) is 5.75 Å². The van der Waals surface area contributed by atoms with Gasteiger partial charge in [0.2, 0.25) is 5.91 Å². The lowest BCUT2D eigenvalue weighted by Crippen LogP contribution is -2.52. The van der Waals surface area contributed by atoms with Crippen LogP contribution in [0.25, 0.3) is 0 Å². The summed E-state index contributed by atoms with van der Waals surface area (Å²) < 4.78 is 5.55. The van der Waals surface area contributed by atoms with Gasteiger partial charge in [-0.15, -0.1) is 0 Å². The Labute approximate surface area is 184 Å². The van der Waals surface area contributed by atoms with Crippen LogP contribution in [0.15, 0.2) is 48.5 Å². The second-order valence-corrected chi connectivity index (χ2v) is 8.36. The van der Waals surface area contributed by atoms with Crippen LogP contribution in [-0.2, 0) is 11.3 Å². The summed E-state index contributed by atoms with van der Waals surface area (Å²) >= 11 is 0. The Morgan fingerprint density at radius 1 is 0.968 bits per heavy atom. The third-order valence-electron chi connectivity index (χ3n) is 6.41. The number of hydrogen-bond acceptors (Lipinski definition) is 4. The maximum Gasteiger partial charge on any atom is 0.254 e. The molecule has 2 aromatic carbocycles. The molecule has 6 nitrogen and oxygen atoms in total. The summed E-state index contributed by atoms with van der Waals surface area (Å²) in [6.45, 7) is 6.08. The van der Waals surface area contributed by atoms with Crippen LogP contribution in [-0.4, -0.2) is 66.3 Å². The number of piperazine rings is 1. The van der Waals surface area contributed by atoms with E-state index in [-0.39, 0.29) is 17.9 Å². The fourth-order valence-electron chi connectivity index (χ4n) is 4.77. The normalized spacial score (nSPS) is 19.5. The summed E-state index contributed by atoms with van der Waals surface area (Å²) in [5.41, 5.74) is 2.78. The van der Waals surface area contributed by atoms with Crippen LogP contribution in [0.3, 0.4) is 0 Å². The molecule has 4 rings (SSSR count). The van der Waals surface area contributed by atoms with E-state index in [2.05, 4.69) is 11.0 Å². The van der Waals surface area contributed by atoms with Crippen LogP contribution < -0.4 is 4.74 Å². The minimum absolute atomic E-state index is 0.0115. The van der Waals surface area contributed by atoms with Gasteiger partial charge in [-0.25, -0.2) is 0 Å². The second kappa shape index (κ2) is 9.52. The first kappa shape index (κ1) is 21.4. The Kier molecular flexibility index (Phi) is 6.56. The number of likely N-dealkylation sites (tertiary alicyclic amines) is 1. The van der Waals surface area contributed by atoms with Gasteiger partial charge in [0.25, 0.3) is 5.91 Å². The van der Waals surface area contributed by atoms with Gasteiger partial charge in [0.05, 0.1) is 13.2 Å². The van der Waals surface area contributed by atoms with Crippen molar-refractivity contribution in [2.45, 2.75) is 32.4 Å². The smallest absolute Gasteiger partial charge is 0.254 e. The molecule has 0 aromatic heterocycles. The van der Waals surface area contributed by atoms with Gasteiger partial charge in [-0.2, -0.15) is 0 Å². The predicted octanol–water partition coefficient (Wildman–Crippen LogP) is 3.34. The molecule has 2 saturated heterocycles. The highest BCUT2D eigenvalue weighted by Gasteiger charge is 2.34. The first-order valence-electron chi connectivity index (χ1n) is 11.1. The van der Waals surface area contributed by atoms with Crippen LogP contribution in [0.4, 0.5) is 0 Å². The standard InChI is InChI=1S/C25H31N3O3/c1-19(29)28-16-15-27(18-23(28)22-11-5-6-12-24(22)31-2)25(30)21-10-4-3-9-20(21)17-26-13-7-8-14-26/h3-6,9-12,23H,7-8,13-18H2,1-2H3/t23-/m0/s1. The number of nitrogens with zero attached hydrogens (tertiary/aromatic N) is 3. The highest BCUT2D eigenvalue weighted by molar-refractivity contribution is 5.96. The number of ether oxygens (including phenoxy) is 1. The topological polar surface area (TPSA) is 53.1 Å². The molecule has 2 aliphatic heterocycles. The van der Waals surface area contributed by atoms with Crippen molar-refractivity contribution in [2.24, 2.45) is 0 Å². The van der Waals surface area contributed by atoms with Crippen molar-refractivity contribution in [3.05, 3.63) is 65.2 Å². The summed E-state index contributed by atoms with van der Waals surface area (Å²) in [4.78, 5) is 32.1. The van der Waals surface area contributed by atoms with Crippen LogP contribution in [0, 0.1) is 0 Å². The summed E-state index contributed by atoms with van der Waals surface area (Å²) in [6, 6.07) is 15.5. The molecule has 2 fully saturated rings. The molecule has 2 aliphatic rings. The van der Waals surface area contributed by atoms with E-state index in [1.165, 1.54) is 12.8 Å². The van der Waals surface area contributed by atoms with Crippen molar-refractivity contribution >= 4 is 11.8 Å². The van der Waals surface area contributed by atoms with E-state index < -0.39 is 0 Å². The first-order valence-corrected chi connectivity index (χ1v) is 11.1. The number of methoxy groups -OCH3 is 1. The number of carbonyl (C=O) groups is 2. The Morgan fingerprint density at radius 3 is 2.42 bits per heavy atom. The number of carbonyl (C=O) groups excluding carboxylic acids is 2. The molecule has 164 valence electrons. The maximum absolute atomic E-state index is 13.6. The molecule has 0 radical (unpaired) electrons. The molecule has 0 saturated carbocycles. The van der Waals surface area contributed by atoms with Gasteiger partial charge >= 0.3 is 0 Å². The Bertz CT molecular complexity index is 939. The zero-order valence-corrected chi connectivity index (χ0v) is 18.4. The molecule has 2 heterocycles. The number of hydrogen-bond donors (Lipinski definition) is 0. The van der Waals surface area contributed by atoms with Crippen molar-refractivity contribution in [2.75, 3.05) is 39.8 Å². The van der Waals surface area contributed by atoms with Gasteiger partial charge in [0, 0.05) is 44.2 Å². The van der Waals surface area contributed by atoms with E-state index >= 15 is 0 Å². The van der Waals surface area contributed by atoms with Crippen LogP contribution in [0.1, 0.15) is 47.3 Å². The van der Waals surface area contributed by atoms with Gasteiger partial charge in [0.15, 0.2) is 0 Å². The summed E-state index contributed by atoms with van der Waals surface area (Å²) in [6.07, 6.45) is 2.45. The Hall–Kier alpha value is -2.86. The third kappa shape index (κ3) is 4.59. The van der Waals surface area contributed by atoms with E-state index in [1.54, 1.807) is 14.0 Å². The molecule has 0 bridgehead atoms. The second-order valence-electron chi connectivity index (χ2n) is 8.36. The van der Waals surface area contributed by atoms with Crippen LogP contribution in [0.5, 0.6) is 5.75 Å². The summed E-state index contributed by atoms with van der Waals surface area (Å²) in [7, 11) is 1.64. The van der Waals surface area contributed by atoms with E-state index in [0.29, 0.717) is 19.6 Å². The summed E-state index contributed by atoms with van der Waals surface area (Å²) in [5.74, 6) is 0.790. The minimum Gasteiger partial charge on any atom is -0.496 e. The first-order chi connectivity index (χ1) is 15.1. The number of rotatable bonds is 5. The van der Waals surface area contributed by atoms with Gasteiger partial charge in [-0.3, -0.25) is 14.5 Å². The Morgan fingerprint density at radius 2 is 1.68 bits per heavy atom. The largest absolute Gasteiger partial charge is 0.496 e. The fourth-order valence-corrected chi connectivity index (χ4v) is 4.77. The van der Waals surface area contributed by atoms with Crippen LogP contribution in [0.2, 0.25) is 0 Å². The average molecular weight is 422 g/mol. The van der Waals surface area contributed by atoms with E-state index in [4.69, 9.17) is 4.74 Å². The molecule has 2 aromatic rings. The van der Waals surface area contributed by atoms with Gasteiger partial charge < -0.3 is 14.5 Å². The van der Waals surface area contributed by atoms with Crippen molar-refractivity contribution in [1.82, 2.24) is 14.7 Å². The van der Waals surface area contributed by atoms with Crippen LogP contribution >= 0.6 is 0 Å². The lowest BCUT2D eigenvalue weighted by atomic mass is 9.99. The zero-order chi connectivity index (χ0) is 21.8. The van der Waals surface area contributed by atoms with Gasteiger partial charge in [-0.05, 0) is 43.6 Å². The van der Waals surface area contributed by atoms with E-state index in [0.717, 1.165) is 42.1 Å². The third-order valence-corrected chi connectivity index (χ3v) is 6.41. The highest BCUT2D eigenvalue weighted by Crippen LogP contribution is 2.33. The predicted molar refractivity (Wildman–Crippen MR) is 120 cm³/mol. The molecular formula is C25H31N3O3. The molecule has 31 heavy (non-hydrogen) atoms. The monoisotopic (exact) mass is 421 g/mol. The number of para-hydroxylation sites is 1.